The number of hydrogen-bond donors (Lipinski definition) is 12. The lowest BCUT2D eigenvalue weighted by Crippen LogP contribution is -2.70. The average Bonchev–Trinajstić information content (AvgIpc) is 3.02. The summed E-state index contributed by atoms with van der Waals surface area (Å²) in [5, 5.41) is 116. The zero-order valence-electron chi connectivity index (χ0n) is 25.0. The second kappa shape index (κ2) is 16.0. The largest absolute Gasteiger partial charge is 0.394 e. The number of hydrogen-bond acceptors (Lipinski definition) is 19. The molecule has 4 heterocycles. The molecule has 268 valence electrons. The molecule has 20 nitrogen and oxygen atoms in total. The Kier molecular flexibility index (Phi) is 13.0. The number of rotatable bonds is 10. The molecule has 0 aromatic heterocycles. The van der Waals surface area contributed by atoms with Gasteiger partial charge in [-0.05, 0) is 6.92 Å². The van der Waals surface area contributed by atoms with Gasteiger partial charge < -0.3 is 94.6 Å². The predicted octanol–water partition coefficient (Wildman–Crippen LogP) is -7.90. The van der Waals surface area contributed by atoms with Crippen LogP contribution in [-0.2, 0) is 38.0 Å². The maximum Gasteiger partial charge on any atom is 0.217 e. The first kappa shape index (κ1) is 37.6. The number of carbonyl (C=O) groups is 1. The van der Waals surface area contributed by atoms with Crippen molar-refractivity contribution < 1.29 is 94.1 Å². The van der Waals surface area contributed by atoms with Gasteiger partial charge in [0.25, 0.3) is 0 Å². The zero-order valence-corrected chi connectivity index (χ0v) is 25.0. The van der Waals surface area contributed by atoms with Gasteiger partial charge in [-0.3, -0.25) is 4.79 Å². The van der Waals surface area contributed by atoms with Crippen molar-refractivity contribution in [2.75, 3.05) is 26.4 Å². The number of aliphatic hydroxyl groups is 11. The zero-order chi connectivity index (χ0) is 34.0. The Balaban J connectivity index is 1.65. The molecular formula is C26H45NO19. The molecule has 4 rings (SSSR count). The van der Waals surface area contributed by atoms with Gasteiger partial charge in [-0.1, -0.05) is 0 Å². The van der Waals surface area contributed by atoms with Crippen molar-refractivity contribution in [1.82, 2.24) is 5.32 Å². The van der Waals surface area contributed by atoms with Crippen LogP contribution in [-0.4, -0.2) is 205 Å². The fourth-order valence-electron chi connectivity index (χ4n) is 5.82. The van der Waals surface area contributed by atoms with E-state index in [1.165, 1.54) is 6.92 Å². The summed E-state index contributed by atoms with van der Waals surface area (Å²) in [6.07, 6.45) is -28.9. The molecule has 1 amide bonds. The van der Waals surface area contributed by atoms with Crippen LogP contribution in [0.1, 0.15) is 13.8 Å². The molecule has 46 heavy (non-hydrogen) atoms. The number of carbonyl (C=O) groups excluding carboxylic acids is 1. The van der Waals surface area contributed by atoms with E-state index in [1.807, 2.05) is 0 Å². The molecule has 4 aliphatic rings. The summed E-state index contributed by atoms with van der Waals surface area (Å²) in [5.41, 5.74) is 0. The molecule has 0 spiro atoms. The van der Waals surface area contributed by atoms with Crippen LogP contribution in [0.25, 0.3) is 0 Å². The van der Waals surface area contributed by atoms with E-state index >= 15 is 0 Å². The molecule has 0 aliphatic carbocycles. The van der Waals surface area contributed by atoms with Crippen molar-refractivity contribution in [3.8, 4) is 0 Å². The standard InChI is InChI=1S/C26H45NO19/c1-7-14(33)18(37)20(39)25(41-7)46-23-19(38)15(34)11(4-29)43-26(23)45-22-13(27-8(2)31)24(42-12(5-30)17(22)36)44-21-9(32)6-40-10(3-28)16(21)35/h7,9-26,28-30,32-39H,3-6H2,1-2H3,(H,27,31). The fraction of sp³-hybridized carbons (Fsp3) is 0.962. The van der Waals surface area contributed by atoms with Crippen molar-refractivity contribution >= 4 is 5.91 Å². The first-order valence-electron chi connectivity index (χ1n) is 14.8. The van der Waals surface area contributed by atoms with Gasteiger partial charge in [0.15, 0.2) is 18.9 Å². The summed E-state index contributed by atoms with van der Waals surface area (Å²) in [6, 6.07) is -1.50. The lowest BCUT2D eigenvalue weighted by Gasteiger charge is -2.50. The van der Waals surface area contributed by atoms with Crippen molar-refractivity contribution in [2.24, 2.45) is 0 Å². The van der Waals surface area contributed by atoms with Crippen LogP contribution < -0.4 is 5.32 Å². The molecule has 12 N–H and O–H groups in total. The number of nitrogens with one attached hydrogen (secondary N) is 1. The number of ether oxygens (including phenoxy) is 7. The van der Waals surface area contributed by atoms with Crippen LogP contribution in [0.15, 0.2) is 0 Å². The minimum absolute atomic E-state index is 0.354. The van der Waals surface area contributed by atoms with E-state index in [-0.39, 0.29) is 6.61 Å². The third-order valence-corrected chi connectivity index (χ3v) is 8.49. The van der Waals surface area contributed by atoms with Crippen molar-refractivity contribution in [2.45, 2.75) is 130 Å². The third-order valence-electron chi connectivity index (χ3n) is 8.49. The molecule has 19 atom stereocenters. The molecule has 19 unspecified atom stereocenters. The molecule has 0 saturated carbocycles. The summed E-state index contributed by atoms with van der Waals surface area (Å²) in [7, 11) is 0. The van der Waals surface area contributed by atoms with E-state index in [9.17, 15) is 61.0 Å². The van der Waals surface area contributed by atoms with E-state index < -0.39 is 142 Å². The van der Waals surface area contributed by atoms with Gasteiger partial charge in [0, 0.05) is 6.92 Å². The molecule has 0 bridgehead atoms. The van der Waals surface area contributed by atoms with E-state index in [0.29, 0.717) is 0 Å². The Labute approximate surface area is 262 Å². The third kappa shape index (κ3) is 7.80. The summed E-state index contributed by atoms with van der Waals surface area (Å²) in [5.74, 6) is -0.701. The Morgan fingerprint density at radius 2 is 1.17 bits per heavy atom. The normalized spacial score (nSPS) is 50.2. The first-order chi connectivity index (χ1) is 21.7. The minimum Gasteiger partial charge on any atom is -0.394 e. The Morgan fingerprint density at radius 3 is 1.78 bits per heavy atom. The van der Waals surface area contributed by atoms with Crippen molar-refractivity contribution in [1.29, 1.82) is 0 Å². The van der Waals surface area contributed by atoms with E-state index in [1.54, 1.807) is 0 Å². The fourth-order valence-corrected chi connectivity index (χ4v) is 5.82. The molecule has 20 heteroatoms. The van der Waals surface area contributed by atoms with Gasteiger partial charge in [-0.25, -0.2) is 0 Å². The van der Waals surface area contributed by atoms with E-state index in [4.69, 9.17) is 33.2 Å². The van der Waals surface area contributed by atoms with E-state index in [0.717, 1.165) is 6.92 Å². The SMILES string of the molecule is CC(=O)NC1C(OC2C(O)COC(CO)C2O)OC(CO)C(O)C1OC1OC(CO)C(O)C(O)C1OC1OC(C)C(O)C(O)C1O. The minimum atomic E-state index is -1.91. The maximum absolute atomic E-state index is 12.3. The number of aliphatic hydroxyl groups excluding tert-OH is 11. The number of amides is 1. The Morgan fingerprint density at radius 1 is 0.630 bits per heavy atom. The Bertz CT molecular complexity index is 981. The monoisotopic (exact) mass is 675 g/mol. The van der Waals surface area contributed by atoms with Crippen LogP contribution in [0.3, 0.4) is 0 Å². The Hall–Kier alpha value is -1.25. The van der Waals surface area contributed by atoms with Crippen LogP contribution >= 0.6 is 0 Å². The average molecular weight is 676 g/mol. The smallest absolute Gasteiger partial charge is 0.217 e. The summed E-state index contributed by atoms with van der Waals surface area (Å²) < 4.78 is 39.5. The molecule has 0 aromatic carbocycles. The van der Waals surface area contributed by atoms with Crippen molar-refractivity contribution in [3.05, 3.63) is 0 Å². The first-order valence-corrected chi connectivity index (χ1v) is 14.8. The molecule has 4 aliphatic heterocycles. The van der Waals surface area contributed by atoms with Gasteiger partial charge >= 0.3 is 0 Å². The quantitative estimate of drug-likeness (QED) is 0.102. The van der Waals surface area contributed by atoms with Crippen LogP contribution in [0.4, 0.5) is 0 Å². The van der Waals surface area contributed by atoms with Gasteiger partial charge in [-0.15, -0.1) is 0 Å². The molecule has 0 aromatic rings. The summed E-state index contributed by atoms with van der Waals surface area (Å²) in [4.78, 5) is 12.3. The van der Waals surface area contributed by atoms with Crippen LogP contribution in [0.2, 0.25) is 0 Å². The molecular weight excluding hydrogens is 630 g/mol. The maximum atomic E-state index is 12.3. The second-order valence-electron chi connectivity index (χ2n) is 11.7. The highest BCUT2D eigenvalue weighted by molar-refractivity contribution is 5.73. The highest BCUT2D eigenvalue weighted by Crippen LogP contribution is 2.34. The van der Waals surface area contributed by atoms with Gasteiger partial charge in [0.1, 0.15) is 91.5 Å². The lowest BCUT2D eigenvalue weighted by molar-refractivity contribution is -0.383. The van der Waals surface area contributed by atoms with E-state index in [2.05, 4.69) is 5.32 Å². The topological polar surface area (TPSA) is 316 Å². The highest BCUT2D eigenvalue weighted by atomic mass is 16.8. The lowest BCUT2D eigenvalue weighted by atomic mass is 9.94. The van der Waals surface area contributed by atoms with Gasteiger partial charge in [0.05, 0.1) is 32.5 Å². The van der Waals surface area contributed by atoms with Crippen LogP contribution in [0.5, 0.6) is 0 Å². The van der Waals surface area contributed by atoms with Gasteiger partial charge in [0.2, 0.25) is 5.91 Å². The molecule has 0 radical (unpaired) electrons. The summed E-state index contributed by atoms with van der Waals surface area (Å²) in [6.45, 7) is -0.183. The van der Waals surface area contributed by atoms with Crippen LogP contribution in [0, 0.1) is 0 Å². The molecule has 4 fully saturated rings. The van der Waals surface area contributed by atoms with Crippen molar-refractivity contribution in [3.63, 3.8) is 0 Å². The highest BCUT2D eigenvalue weighted by Gasteiger charge is 2.55. The van der Waals surface area contributed by atoms with Gasteiger partial charge in [-0.2, -0.15) is 0 Å². The predicted molar refractivity (Wildman–Crippen MR) is 143 cm³/mol. The second-order valence-corrected chi connectivity index (χ2v) is 11.7. The summed E-state index contributed by atoms with van der Waals surface area (Å²) >= 11 is 0. The molecule has 4 saturated heterocycles.